The number of aromatic hydroxyl groups is 1. The molecule has 1 heterocycles. The number of ether oxygens (including phenoxy) is 1. The van der Waals surface area contributed by atoms with Gasteiger partial charge in [0.05, 0.1) is 24.5 Å². The molecule has 0 amide bonds. The van der Waals surface area contributed by atoms with Crippen molar-refractivity contribution in [2.75, 3.05) is 17.7 Å². The molecule has 0 spiro atoms. The third-order valence-corrected chi connectivity index (χ3v) is 6.12. The van der Waals surface area contributed by atoms with Gasteiger partial charge in [0.25, 0.3) is 0 Å². The summed E-state index contributed by atoms with van der Waals surface area (Å²) in [4.78, 5) is 13.5. The van der Waals surface area contributed by atoms with Gasteiger partial charge < -0.3 is 20.5 Å². The fourth-order valence-corrected chi connectivity index (χ4v) is 4.59. The number of benzene rings is 3. The number of ketones is 1. The maximum absolute atomic E-state index is 13.5. The summed E-state index contributed by atoms with van der Waals surface area (Å²) < 4.78 is 5.20. The summed E-state index contributed by atoms with van der Waals surface area (Å²) in [6, 6.07) is 23.1. The number of carbonyl (C=O) groups excluding carboxylic acids is 1. The fourth-order valence-electron chi connectivity index (χ4n) is 4.59. The van der Waals surface area contributed by atoms with Crippen LogP contribution in [0.2, 0.25) is 0 Å². The Morgan fingerprint density at radius 3 is 2.39 bits per heavy atom. The minimum atomic E-state index is -0.368. The number of fused-ring (bicyclic) bond motifs is 1. The largest absolute Gasteiger partial charge is 0.504 e. The Morgan fingerprint density at radius 2 is 1.65 bits per heavy atom. The lowest BCUT2D eigenvalue weighted by Crippen LogP contribution is -2.26. The first-order chi connectivity index (χ1) is 15.1. The molecular formula is C26H24N2O3. The van der Waals surface area contributed by atoms with Crippen LogP contribution in [0.4, 0.5) is 11.4 Å². The van der Waals surface area contributed by atoms with Gasteiger partial charge in [-0.25, -0.2) is 0 Å². The lowest BCUT2D eigenvalue weighted by atomic mass is 9.78. The molecule has 0 saturated carbocycles. The van der Waals surface area contributed by atoms with Gasteiger partial charge in [-0.05, 0) is 47.7 Å². The van der Waals surface area contributed by atoms with Crippen molar-refractivity contribution < 1.29 is 14.6 Å². The van der Waals surface area contributed by atoms with Gasteiger partial charge >= 0.3 is 0 Å². The molecule has 0 bridgehead atoms. The van der Waals surface area contributed by atoms with Crippen LogP contribution >= 0.6 is 0 Å². The molecule has 3 N–H and O–H groups in total. The summed E-state index contributed by atoms with van der Waals surface area (Å²) in [5, 5.41) is 17.4. The predicted molar refractivity (Wildman–Crippen MR) is 122 cm³/mol. The van der Waals surface area contributed by atoms with E-state index in [0.29, 0.717) is 12.2 Å². The molecule has 0 radical (unpaired) electrons. The molecule has 2 aliphatic rings. The van der Waals surface area contributed by atoms with Crippen LogP contribution in [0.3, 0.4) is 0 Å². The number of para-hydroxylation sites is 2. The van der Waals surface area contributed by atoms with Gasteiger partial charge in [-0.15, -0.1) is 0 Å². The van der Waals surface area contributed by atoms with Gasteiger partial charge in [0.1, 0.15) is 0 Å². The Hall–Kier alpha value is -3.73. The third kappa shape index (κ3) is 3.52. The summed E-state index contributed by atoms with van der Waals surface area (Å²) in [7, 11) is 1.52. The number of hydrogen-bond donors (Lipinski definition) is 3. The molecule has 5 nitrogen and oxygen atoms in total. The zero-order chi connectivity index (χ0) is 21.4. The first-order valence-corrected chi connectivity index (χ1v) is 10.4. The number of methoxy groups -OCH3 is 1. The van der Waals surface area contributed by atoms with E-state index in [1.54, 1.807) is 12.1 Å². The van der Waals surface area contributed by atoms with E-state index in [4.69, 9.17) is 4.74 Å². The monoisotopic (exact) mass is 412 g/mol. The SMILES string of the molecule is COc1ccc([C@@H]2Nc3ccccc3NC3=C2C(=O)C[C@H](c2ccccc2)C3)cc1O. The zero-order valence-electron chi connectivity index (χ0n) is 17.3. The molecule has 1 aliphatic carbocycles. The Morgan fingerprint density at radius 1 is 0.903 bits per heavy atom. The molecule has 3 aromatic rings. The second-order valence-electron chi connectivity index (χ2n) is 8.01. The molecule has 5 rings (SSSR count). The zero-order valence-corrected chi connectivity index (χ0v) is 17.3. The van der Waals surface area contributed by atoms with E-state index in [1.807, 2.05) is 48.5 Å². The Balaban J connectivity index is 1.62. The topological polar surface area (TPSA) is 70.6 Å². The van der Waals surface area contributed by atoms with Gasteiger partial charge in [0.2, 0.25) is 0 Å². The summed E-state index contributed by atoms with van der Waals surface area (Å²) in [5.41, 5.74) is 5.51. The van der Waals surface area contributed by atoms with Crippen molar-refractivity contribution in [3.8, 4) is 11.5 Å². The number of allylic oxidation sites excluding steroid dienone is 1. The van der Waals surface area contributed by atoms with Crippen LogP contribution in [0.25, 0.3) is 0 Å². The first kappa shape index (κ1) is 19.2. The molecule has 0 aromatic heterocycles. The molecule has 156 valence electrons. The smallest absolute Gasteiger partial charge is 0.163 e. The molecule has 1 aliphatic heterocycles. The molecule has 31 heavy (non-hydrogen) atoms. The van der Waals surface area contributed by atoms with E-state index < -0.39 is 0 Å². The van der Waals surface area contributed by atoms with E-state index in [1.165, 1.54) is 12.7 Å². The minimum Gasteiger partial charge on any atom is -0.504 e. The van der Waals surface area contributed by atoms with Crippen LogP contribution in [0, 0.1) is 0 Å². The number of nitrogens with one attached hydrogen (secondary N) is 2. The van der Waals surface area contributed by atoms with E-state index >= 15 is 0 Å². The van der Waals surface area contributed by atoms with Crippen LogP contribution in [-0.2, 0) is 4.79 Å². The van der Waals surface area contributed by atoms with Crippen LogP contribution in [0.1, 0.15) is 35.9 Å². The average molecular weight is 412 g/mol. The minimum absolute atomic E-state index is 0.0554. The van der Waals surface area contributed by atoms with Crippen LogP contribution in [0.5, 0.6) is 11.5 Å². The van der Waals surface area contributed by atoms with E-state index in [0.717, 1.165) is 34.6 Å². The summed E-state index contributed by atoms with van der Waals surface area (Å²) >= 11 is 0. The number of hydrogen-bond acceptors (Lipinski definition) is 5. The number of anilines is 2. The number of Topliss-reactive ketones (excluding diaryl/α,β-unsaturated/α-hetero) is 1. The lowest BCUT2D eigenvalue weighted by molar-refractivity contribution is -0.116. The second kappa shape index (κ2) is 7.84. The van der Waals surface area contributed by atoms with Crippen molar-refractivity contribution in [3.63, 3.8) is 0 Å². The fraction of sp³-hybridized carbons (Fsp3) is 0.192. The van der Waals surface area contributed by atoms with Gasteiger partial charge in [-0.3, -0.25) is 4.79 Å². The Kier molecular flexibility index (Phi) is 4.86. The molecule has 0 saturated heterocycles. The lowest BCUT2D eigenvalue weighted by Gasteiger charge is -2.30. The van der Waals surface area contributed by atoms with Gasteiger partial charge in [0, 0.05) is 17.7 Å². The Labute approximate surface area is 181 Å². The van der Waals surface area contributed by atoms with Crippen LogP contribution in [-0.4, -0.2) is 18.0 Å². The average Bonchev–Trinajstić information content (AvgIpc) is 2.96. The highest BCUT2D eigenvalue weighted by Crippen LogP contribution is 2.45. The van der Waals surface area contributed by atoms with Crippen molar-refractivity contribution in [2.24, 2.45) is 0 Å². The van der Waals surface area contributed by atoms with Crippen molar-refractivity contribution in [1.82, 2.24) is 0 Å². The Bertz CT molecular complexity index is 1170. The van der Waals surface area contributed by atoms with Crippen molar-refractivity contribution in [1.29, 1.82) is 0 Å². The highest BCUT2D eigenvalue weighted by atomic mass is 16.5. The quantitative estimate of drug-likeness (QED) is 0.539. The van der Waals surface area contributed by atoms with E-state index in [-0.39, 0.29) is 23.5 Å². The standard InChI is InChI=1S/C26H24N2O3/c1-31-24-12-11-17(14-22(24)29)26-25-21(27-19-9-5-6-10-20(19)28-26)13-18(15-23(25)30)16-7-3-2-4-8-16/h2-12,14,18,26-29H,13,15H2,1H3/t18-,26+/m1/s1. The summed E-state index contributed by atoms with van der Waals surface area (Å²) in [6.07, 6.45) is 1.21. The van der Waals surface area contributed by atoms with E-state index in [9.17, 15) is 9.90 Å². The van der Waals surface area contributed by atoms with Gasteiger partial charge in [-0.2, -0.15) is 0 Å². The third-order valence-electron chi connectivity index (χ3n) is 6.12. The number of rotatable bonds is 3. The first-order valence-electron chi connectivity index (χ1n) is 10.4. The highest BCUT2D eigenvalue weighted by molar-refractivity contribution is 6.01. The van der Waals surface area contributed by atoms with Gasteiger partial charge in [0.15, 0.2) is 17.3 Å². The van der Waals surface area contributed by atoms with Crippen molar-refractivity contribution in [2.45, 2.75) is 24.8 Å². The maximum atomic E-state index is 13.5. The number of phenols is 1. The van der Waals surface area contributed by atoms with Crippen LogP contribution in [0.15, 0.2) is 84.1 Å². The molecular weight excluding hydrogens is 388 g/mol. The van der Waals surface area contributed by atoms with Crippen molar-refractivity contribution in [3.05, 3.63) is 95.2 Å². The second-order valence-corrected chi connectivity index (χ2v) is 8.01. The van der Waals surface area contributed by atoms with E-state index in [2.05, 4.69) is 22.8 Å². The van der Waals surface area contributed by atoms with Crippen LogP contribution < -0.4 is 15.4 Å². The van der Waals surface area contributed by atoms with Gasteiger partial charge in [-0.1, -0.05) is 48.5 Å². The number of phenolic OH excluding ortho intramolecular Hbond substituents is 1. The molecule has 5 heteroatoms. The molecule has 3 aromatic carbocycles. The predicted octanol–water partition coefficient (Wildman–Crippen LogP) is 5.38. The van der Waals surface area contributed by atoms with Crippen molar-refractivity contribution >= 4 is 17.2 Å². The maximum Gasteiger partial charge on any atom is 0.163 e. The number of carbonyl (C=O) groups is 1. The molecule has 0 fully saturated rings. The molecule has 2 atom stereocenters. The normalized spacial score (nSPS) is 20.1. The summed E-state index contributed by atoms with van der Waals surface area (Å²) in [5.74, 6) is 0.711. The highest BCUT2D eigenvalue weighted by Gasteiger charge is 2.36. The summed E-state index contributed by atoms with van der Waals surface area (Å²) in [6.45, 7) is 0. The molecule has 0 unspecified atom stereocenters.